The number of amides is 1. The van der Waals surface area contributed by atoms with Crippen LogP contribution < -0.4 is 5.32 Å². The van der Waals surface area contributed by atoms with Crippen LogP contribution >= 0.6 is 11.8 Å². The molecule has 134 valence electrons. The standard InChI is InChI=1S/C19H21N5OS/c25-18(20-15-9-5-2-6-10-15)13-26-19-22-21-17-12-11-16(23-24(17)19)14-7-3-1-4-8-14/h1,3-4,7-8,11-12,15H,2,5-6,9-10,13H2,(H,20,25). The average Bonchev–Trinajstić information content (AvgIpc) is 3.10. The van der Waals surface area contributed by atoms with Crippen molar-refractivity contribution >= 4 is 23.3 Å². The van der Waals surface area contributed by atoms with Gasteiger partial charge in [-0.2, -0.15) is 9.61 Å². The minimum absolute atomic E-state index is 0.0536. The van der Waals surface area contributed by atoms with Crippen LogP contribution in [-0.4, -0.2) is 37.5 Å². The number of benzene rings is 1. The number of thioether (sulfide) groups is 1. The third kappa shape index (κ3) is 3.88. The molecule has 1 aliphatic carbocycles. The first kappa shape index (κ1) is 17.0. The van der Waals surface area contributed by atoms with Gasteiger partial charge in [0.05, 0.1) is 11.4 Å². The lowest BCUT2D eigenvalue weighted by Crippen LogP contribution is -2.37. The fourth-order valence-electron chi connectivity index (χ4n) is 3.27. The first-order chi connectivity index (χ1) is 12.8. The third-order valence-corrected chi connectivity index (χ3v) is 5.53. The van der Waals surface area contributed by atoms with Crippen LogP contribution in [0.4, 0.5) is 0 Å². The molecule has 7 heteroatoms. The van der Waals surface area contributed by atoms with Gasteiger partial charge in [0.2, 0.25) is 11.1 Å². The van der Waals surface area contributed by atoms with Crippen LogP contribution in [0.3, 0.4) is 0 Å². The Morgan fingerprint density at radius 1 is 1.08 bits per heavy atom. The van der Waals surface area contributed by atoms with Crippen molar-refractivity contribution in [3.8, 4) is 11.3 Å². The number of hydrogen-bond acceptors (Lipinski definition) is 5. The lowest BCUT2D eigenvalue weighted by molar-refractivity contribution is -0.119. The van der Waals surface area contributed by atoms with Crippen molar-refractivity contribution in [2.24, 2.45) is 0 Å². The second-order valence-corrected chi connectivity index (χ2v) is 7.47. The van der Waals surface area contributed by atoms with E-state index in [2.05, 4.69) is 20.6 Å². The molecule has 26 heavy (non-hydrogen) atoms. The maximum absolute atomic E-state index is 12.2. The van der Waals surface area contributed by atoms with Crippen LogP contribution in [0.2, 0.25) is 0 Å². The lowest BCUT2D eigenvalue weighted by Gasteiger charge is -2.22. The Balaban J connectivity index is 1.45. The van der Waals surface area contributed by atoms with Crippen LogP contribution in [-0.2, 0) is 4.79 Å². The molecule has 1 saturated carbocycles. The van der Waals surface area contributed by atoms with Gasteiger partial charge in [0.1, 0.15) is 0 Å². The van der Waals surface area contributed by atoms with Gasteiger partial charge in [0.25, 0.3) is 0 Å². The average molecular weight is 367 g/mol. The van der Waals surface area contributed by atoms with E-state index in [-0.39, 0.29) is 5.91 Å². The summed E-state index contributed by atoms with van der Waals surface area (Å²) in [5.41, 5.74) is 2.57. The molecule has 2 heterocycles. The Morgan fingerprint density at radius 3 is 2.69 bits per heavy atom. The zero-order valence-electron chi connectivity index (χ0n) is 14.5. The van der Waals surface area contributed by atoms with Crippen molar-refractivity contribution in [3.05, 3.63) is 42.5 Å². The van der Waals surface area contributed by atoms with Gasteiger partial charge in [-0.3, -0.25) is 4.79 Å². The molecule has 0 aliphatic heterocycles. The van der Waals surface area contributed by atoms with Crippen LogP contribution in [0.5, 0.6) is 0 Å². The van der Waals surface area contributed by atoms with E-state index < -0.39 is 0 Å². The molecule has 0 bridgehead atoms. The fraction of sp³-hybridized carbons (Fsp3) is 0.368. The molecular formula is C19H21N5OS. The first-order valence-corrected chi connectivity index (χ1v) is 9.98. The minimum atomic E-state index is 0.0536. The Hall–Kier alpha value is -2.41. The van der Waals surface area contributed by atoms with Crippen molar-refractivity contribution < 1.29 is 4.79 Å². The van der Waals surface area contributed by atoms with Crippen molar-refractivity contribution in [1.29, 1.82) is 0 Å². The maximum Gasteiger partial charge on any atom is 0.230 e. The topological polar surface area (TPSA) is 72.2 Å². The Bertz CT molecular complexity index is 889. The molecular weight excluding hydrogens is 346 g/mol. The second kappa shape index (κ2) is 7.86. The number of carbonyl (C=O) groups excluding carboxylic acids is 1. The molecule has 0 spiro atoms. The monoisotopic (exact) mass is 367 g/mol. The van der Waals surface area contributed by atoms with E-state index in [1.807, 2.05) is 42.5 Å². The maximum atomic E-state index is 12.2. The summed E-state index contributed by atoms with van der Waals surface area (Å²) >= 11 is 1.37. The summed E-state index contributed by atoms with van der Waals surface area (Å²) in [6, 6.07) is 14.1. The minimum Gasteiger partial charge on any atom is -0.353 e. The van der Waals surface area contributed by atoms with E-state index in [0.717, 1.165) is 24.1 Å². The van der Waals surface area contributed by atoms with E-state index in [0.29, 0.717) is 22.6 Å². The summed E-state index contributed by atoms with van der Waals surface area (Å²) in [5, 5.41) is 16.7. The molecule has 1 fully saturated rings. The van der Waals surface area contributed by atoms with Gasteiger partial charge in [0, 0.05) is 11.6 Å². The third-order valence-electron chi connectivity index (χ3n) is 4.61. The molecule has 1 amide bonds. The molecule has 0 atom stereocenters. The number of carbonyl (C=O) groups is 1. The van der Waals surface area contributed by atoms with Gasteiger partial charge >= 0.3 is 0 Å². The fourth-order valence-corrected chi connectivity index (χ4v) is 3.97. The molecule has 1 aliphatic rings. The highest BCUT2D eigenvalue weighted by Gasteiger charge is 2.17. The van der Waals surface area contributed by atoms with Gasteiger partial charge in [-0.15, -0.1) is 10.2 Å². The van der Waals surface area contributed by atoms with Gasteiger partial charge in [-0.1, -0.05) is 61.4 Å². The summed E-state index contributed by atoms with van der Waals surface area (Å²) in [5.74, 6) is 0.381. The normalized spacial score (nSPS) is 15.2. The molecule has 0 unspecified atom stereocenters. The molecule has 6 nitrogen and oxygen atoms in total. The summed E-state index contributed by atoms with van der Waals surface area (Å²) in [6.45, 7) is 0. The van der Waals surface area contributed by atoms with Gasteiger partial charge < -0.3 is 5.32 Å². The van der Waals surface area contributed by atoms with E-state index >= 15 is 0 Å². The molecule has 0 saturated heterocycles. The van der Waals surface area contributed by atoms with Crippen LogP contribution in [0, 0.1) is 0 Å². The first-order valence-electron chi connectivity index (χ1n) is 9.00. The molecule has 1 aromatic carbocycles. The zero-order valence-corrected chi connectivity index (χ0v) is 15.3. The van der Waals surface area contributed by atoms with Crippen LogP contribution in [0.1, 0.15) is 32.1 Å². The van der Waals surface area contributed by atoms with E-state index in [1.54, 1.807) is 4.52 Å². The largest absolute Gasteiger partial charge is 0.353 e. The number of fused-ring (bicyclic) bond motifs is 1. The highest BCUT2D eigenvalue weighted by Crippen LogP contribution is 2.21. The lowest BCUT2D eigenvalue weighted by atomic mass is 9.95. The highest BCUT2D eigenvalue weighted by atomic mass is 32.2. The molecule has 4 rings (SSSR count). The number of hydrogen-bond donors (Lipinski definition) is 1. The van der Waals surface area contributed by atoms with Gasteiger partial charge in [0.15, 0.2) is 5.65 Å². The summed E-state index contributed by atoms with van der Waals surface area (Å²) in [6.07, 6.45) is 5.87. The Labute approximate surface area is 156 Å². The van der Waals surface area contributed by atoms with E-state index in [1.165, 1.54) is 31.0 Å². The van der Waals surface area contributed by atoms with E-state index in [4.69, 9.17) is 0 Å². The number of rotatable bonds is 5. The van der Waals surface area contributed by atoms with E-state index in [9.17, 15) is 4.79 Å². The van der Waals surface area contributed by atoms with Crippen LogP contribution in [0.15, 0.2) is 47.6 Å². The van der Waals surface area contributed by atoms with Gasteiger partial charge in [-0.25, -0.2) is 0 Å². The van der Waals surface area contributed by atoms with Crippen molar-refractivity contribution in [1.82, 2.24) is 25.1 Å². The number of nitrogens with zero attached hydrogens (tertiary/aromatic N) is 4. The molecule has 0 radical (unpaired) electrons. The Morgan fingerprint density at radius 2 is 1.88 bits per heavy atom. The SMILES string of the molecule is O=C(CSc1nnc2ccc(-c3ccccc3)nn12)NC1CCCCC1. The predicted octanol–water partition coefficient (Wildman–Crippen LogP) is 3.33. The van der Waals surface area contributed by atoms with Crippen molar-refractivity contribution in [2.45, 2.75) is 43.3 Å². The molecule has 1 N–H and O–H groups in total. The second-order valence-electron chi connectivity index (χ2n) is 6.53. The molecule has 2 aromatic heterocycles. The van der Waals surface area contributed by atoms with Crippen LogP contribution in [0.25, 0.3) is 16.9 Å². The zero-order chi connectivity index (χ0) is 17.8. The predicted molar refractivity (Wildman–Crippen MR) is 102 cm³/mol. The number of aromatic nitrogens is 4. The Kier molecular flexibility index (Phi) is 5.15. The summed E-state index contributed by atoms with van der Waals surface area (Å²) in [4.78, 5) is 12.2. The van der Waals surface area contributed by atoms with Crippen molar-refractivity contribution in [3.63, 3.8) is 0 Å². The smallest absolute Gasteiger partial charge is 0.230 e. The highest BCUT2D eigenvalue weighted by molar-refractivity contribution is 7.99. The summed E-state index contributed by atoms with van der Waals surface area (Å²) in [7, 11) is 0. The summed E-state index contributed by atoms with van der Waals surface area (Å²) < 4.78 is 1.71. The quantitative estimate of drug-likeness (QED) is 0.700. The van der Waals surface area contributed by atoms with Crippen molar-refractivity contribution in [2.75, 3.05) is 5.75 Å². The number of nitrogens with one attached hydrogen (secondary N) is 1. The molecule has 3 aromatic rings. The van der Waals surface area contributed by atoms with Gasteiger partial charge in [-0.05, 0) is 25.0 Å².